The van der Waals surface area contributed by atoms with Crippen molar-refractivity contribution < 1.29 is 9.53 Å². The molecule has 0 amide bonds. The van der Waals surface area contributed by atoms with Gasteiger partial charge in [-0.05, 0) is 38.9 Å². The Morgan fingerprint density at radius 3 is 2.74 bits per heavy atom. The van der Waals surface area contributed by atoms with Gasteiger partial charge < -0.3 is 25.3 Å². The SMILES string of the molecule is CNc1nc(Nc2cn(C3CCNCC3)nc2C)c(C(=O)OC)nc1-c1cccc2c1ncn2C. The number of hydrogen-bond donors (Lipinski definition) is 3. The minimum atomic E-state index is -0.583. The molecule has 0 radical (unpaired) electrons. The minimum absolute atomic E-state index is 0.0865. The second-order valence-electron chi connectivity index (χ2n) is 8.60. The van der Waals surface area contributed by atoms with Gasteiger partial charge in [-0.15, -0.1) is 0 Å². The van der Waals surface area contributed by atoms with E-state index in [0.717, 1.165) is 53.9 Å². The Morgan fingerprint density at radius 1 is 1.20 bits per heavy atom. The van der Waals surface area contributed by atoms with Gasteiger partial charge in [0, 0.05) is 25.9 Å². The largest absolute Gasteiger partial charge is 0.464 e. The molecule has 5 rings (SSSR count). The van der Waals surface area contributed by atoms with E-state index in [1.807, 2.05) is 47.6 Å². The fraction of sp³-hybridized carbons (Fsp3) is 0.375. The first-order chi connectivity index (χ1) is 17.0. The summed E-state index contributed by atoms with van der Waals surface area (Å²) in [6.45, 7) is 3.88. The van der Waals surface area contributed by atoms with Crippen molar-refractivity contribution in [1.82, 2.24) is 34.6 Å². The van der Waals surface area contributed by atoms with Crippen LogP contribution in [-0.2, 0) is 11.8 Å². The molecule has 0 spiro atoms. The first kappa shape index (κ1) is 22.8. The minimum Gasteiger partial charge on any atom is -0.464 e. The molecular weight excluding hydrogens is 446 g/mol. The maximum Gasteiger partial charge on any atom is 0.360 e. The summed E-state index contributed by atoms with van der Waals surface area (Å²) in [6, 6.07) is 6.17. The number of fused-ring (bicyclic) bond motifs is 1. The molecule has 1 fully saturated rings. The topological polar surface area (TPSA) is 124 Å². The molecule has 1 aromatic carbocycles. The molecule has 11 nitrogen and oxygen atoms in total. The highest BCUT2D eigenvalue weighted by atomic mass is 16.5. The van der Waals surface area contributed by atoms with E-state index < -0.39 is 5.97 Å². The van der Waals surface area contributed by atoms with Gasteiger partial charge in [0.25, 0.3) is 0 Å². The van der Waals surface area contributed by atoms with Gasteiger partial charge in [0.1, 0.15) is 5.69 Å². The Hall–Kier alpha value is -3.99. The van der Waals surface area contributed by atoms with Gasteiger partial charge in [-0.3, -0.25) is 4.68 Å². The molecule has 3 N–H and O–H groups in total. The molecule has 4 aromatic rings. The van der Waals surface area contributed by atoms with Crippen LogP contribution in [0.1, 0.15) is 35.1 Å². The van der Waals surface area contributed by atoms with Gasteiger partial charge >= 0.3 is 5.97 Å². The Bertz CT molecular complexity index is 1390. The number of nitrogens with one attached hydrogen (secondary N) is 3. The van der Waals surface area contributed by atoms with Crippen molar-refractivity contribution in [3.05, 3.63) is 42.1 Å². The van der Waals surface area contributed by atoms with Crippen molar-refractivity contribution in [2.24, 2.45) is 7.05 Å². The van der Waals surface area contributed by atoms with Gasteiger partial charge in [0.2, 0.25) is 0 Å². The summed E-state index contributed by atoms with van der Waals surface area (Å²) in [4.78, 5) is 26.8. The fourth-order valence-electron chi connectivity index (χ4n) is 4.46. The molecule has 4 heterocycles. The molecule has 1 aliphatic heterocycles. The van der Waals surface area contributed by atoms with Gasteiger partial charge in [-0.1, -0.05) is 12.1 Å². The lowest BCUT2D eigenvalue weighted by molar-refractivity contribution is 0.0595. The smallest absolute Gasteiger partial charge is 0.360 e. The third-order valence-electron chi connectivity index (χ3n) is 6.37. The molecule has 0 aliphatic carbocycles. The van der Waals surface area contributed by atoms with E-state index in [4.69, 9.17) is 19.8 Å². The number of ether oxygens (including phenoxy) is 1. The van der Waals surface area contributed by atoms with E-state index in [-0.39, 0.29) is 5.69 Å². The van der Waals surface area contributed by atoms with Crippen molar-refractivity contribution in [2.45, 2.75) is 25.8 Å². The molecule has 182 valence electrons. The number of anilines is 3. The summed E-state index contributed by atoms with van der Waals surface area (Å²) in [6.07, 6.45) is 5.76. The number of rotatable bonds is 6. The summed E-state index contributed by atoms with van der Waals surface area (Å²) in [5.41, 5.74) is 4.68. The number of esters is 1. The third kappa shape index (κ3) is 4.18. The van der Waals surface area contributed by atoms with Crippen LogP contribution in [0.2, 0.25) is 0 Å². The third-order valence-corrected chi connectivity index (χ3v) is 6.37. The number of carbonyl (C=O) groups is 1. The van der Waals surface area contributed by atoms with Crippen LogP contribution in [0.3, 0.4) is 0 Å². The Labute approximate surface area is 202 Å². The van der Waals surface area contributed by atoms with Crippen molar-refractivity contribution in [3.63, 3.8) is 0 Å². The molecule has 0 saturated carbocycles. The summed E-state index contributed by atoms with van der Waals surface area (Å²) in [7, 11) is 5.04. The zero-order valence-corrected chi connectivity index (χ0v) is 20.3. The van der Waals surface area contributed by atoms with Gasteiger partial charge in [-0.2, -0.15) is 5.10 Å². The van der Waals surface area contributed by atoms with E-state index >= 15 is 0 Å². The maximum atomic E-state index is 12.8. The zero-order valence-electron chi connectivity index (χ0n) is 20.3. The molecule has 0 atom stereocenters. The number of benzene rings is 1. The lowest BCUT2D eigenvalue weighted by Gasteiger charge is -2.22. The Balaban J connectivity index is 1.58. The van der Waals surface area contributed by atoms with E-state index in [1.165, 1.54) is 7.11 Å². The molecule has 3 aromatic heterocycles. The van der Waals surface area contributed by atoms with E-state index in [2.05, 4.69) is 20.9 Å². The van der Waals surface area contributed by atoms with Crippen molar-refractivity contribution >= 4 is 34.3 Å². The maximum absolute atomic E-state index is 12.8. The lowest BCUT2D eigenvalue weighted by atomic mass is 10.1. The molecule has 1 saturated heterocycles. The van der Waals surface area contributed by atoms with E-state index in [0.29, 0.717) is 23.4 Å². The van der Waals surface area contributed by atoms with Crippen LogP contribution in [-0.4, -0.2) is 62.5 Å². The average Bonchev–Trinajstić information content (AvgIpc) is 3.46. The quantitative estimate of drug-likeness (QED) is 0.361. The number of methoxy groups -OCH3 is 1. The standard InChI is InChI=1S/C24H29N9O2/c1-14-17(12-33(31-14)15-8-10-26-11-9-15)28-23-21(24(34)35-4)29-20(22(25-2)30-23)16-6-5-7-18-19(16)27-13-32(18)3/h5-7,12-13,15,26H,8-11H2,1-4H3,(H2,25,28,30). The Morgan fingerprint density at radius 2 is 2.00 bits per heavy atom. The highest BCUT2D eigenvalue weighted by Gasteiger charge is 2.24. The highest BCUT2D eigenvalue weighted by molar-refractivity contribution is 5.98. The number of carbonyl (C=O) groups excluding carboxylic acids is 1. The van der Waals surface area contributed by atoms with Crippen LogP contribution in [0, 0.1) is 6.92 Å². The molecule has 35 heavy (non-hydrogen) atoms. The molecule has 11 heteroatoms. The molecule has 0 bridgehead atoms. The number of para-hydroxylation sites is 1. The number of imidazole rings is 1. The van der Waals surface area contributed by atoms with E-state index in [9.17, 15) is 4.79 Å². The second kappa shape index (κ2) is 9.34. The van der Waals surface area contributed by atoms with Crippen LogP contribution in [0.5, 0.6) is 0 Å². The van der Waals surface area contributed by atoms with Gasteiger partial charge in [0.05, 0.1) is 41.9 Å². The zero-order chi connectivity index (χ0) is 24.5. The normalized spacial score (nSPS) is 14.3. The summed E-state index contributed by atoms with van der Waals surface area (Å²) < 4.78 is 8.99. The number of piperidine rings is 1. The number of aryl methyl sites for hydroxylation is 2. The van der Waals surface area contributed by atoms with Gasteiger partial charge in [-0.25, -0.2) is 19.7 Å². The molecular formula is C24H29N9O2. The first-order valence-electron chi connectivity index (χ1n) is 11.6. The number of nitrogens with zero attached hydrogens (tertiary/aromatic N) is 6. The predicted molar refractivity (Wildman–Crippen MR) is 134 cm³/mol. The summed E-state index contributed by atoms with van der Waals surface area (Å²) in [5.74, 6) is 0.230. The van der Waals surface area contributed by atoms with E-state index in [1.54, 1.807) is 13.4 Å². The van der Waals surface area contributed by atoms with Crippen LogP contribution >= 0.6 is 0 Å². The fourth-order valence-corrected chi connectivity index (χ4v) is 4.46. The predicted octanol–water partition coefficient (Wildman–Crippen LogP) is 3.03. The second-order valence-corrected chi connectivity index (χ2v) is 8.60. The number of aromatic nitrogens is 6. The summed E-state index contributed by atoms with van der Waals surface area (Å²) in [5, 5.41) is 14.5. The van der Waals surface area contributed by atoms with Crippen LogP contribution in [0.25, 0.3) is 22.3 Å². The highest BCUT2D eigenvalue weighted by Crippen LogP contribution is 2.33. The van der Waals surface area contributed by atoms with Gasteiger partial charge in [0.15, 0.2) is 17.3 Å². The number of hydrogen-bond acceptors (Lipinski definition) is 9. The van der Waals surface area contributed by atoms with Crippen molar-refractivity contribution in [1.29, 1.82) is 0 Å². The van der Waals surface area contributed by atoms with Crippen LogP contribution in [0.4, 0.5) is 17.3 Å². The average molecular weight is 476 g/mol. The molecule has 0 unspecified atom stereocenters. The van der Waals surface area contributed by atoms with Crippen LogP contribution < -0.4 is 16.0 Å². The van der Waals surface area contributed by atoms with Crippen molar-refractivity contribution in [2.75, 3.05) is 37.9 Å². The van der Waals surface area contributed by atoms with Crippen LogP contribution in [0.15, 0.2) is 30.7 Å². The summed E-state index contributed by atoms with van der Waals surface area (Å²) >= 11 is 0. The Kier molecular flexibility index (Phi) is 6.08. The lowest BCUT2D eigenvalue weighted by Crippen LogP contribution is -2.29. The monoisotopic (exact) mass is 475 g/mol. The first-order valence-corrected chi connectivity index (χ1v) is 11.6. The molecule has 1 aliphatic rings. The van der Waals surface area contributed by atoms with Crippen molar-refractivity contribution in [3.8, 4) is 11.3 Å².